The minimum Gasteiger partial charge on any atom is -0.354 e. The van der Waals surface area contributed by atoms with Crippen molar-refractivity contribution in [3.05, 3.63) is 28.0 Å². The van der Waals surface area contributed by atoms with Crippen LogP contribution in [0.1, 0.15) is 16.2 Å². The average Bonchev–Trinajstić information content (AvgIpc) is 2.08. The first-order valence-corrected chi connectivity index (χ1v) is 4.29. The highest BCUT2D eigenvalue weighted by Crippen LogP contribution is 2.13. The highest BCUT2D eigenvalue weighted by atomic mass is 79.9. The number of carbonyl (C=O) groups is 1. The SMILES string of the molecule is CNC(=O)c1ccc(Br)c(C)n1. The molecule has 0 spiro atoms. The highest BCUT2D eigenvalue weighted by Gasteiger charge is 2.05. The second-order valence-electron chi connectivity index (χ2n) is 2.34. The van der Waals surface area contributed by atoms with Gasteiger partial charge in [-0.05, 0) is 35.0 Å². The van der Waals surface area contributed by atoms with Crippen molar-refractivity contribution in [1.29, 1.82) is 0 Å². The molecule has 1 N–H and O–H groups in total. The molecular weight excluding hydrogens is 220 g/mol. The molecular formula is C8H9BrN2O. The molecule has 1 amide bonds. The van der Waals surface area contributed by atoms with Crippen molar-refractivity contribution < 1.29 is 4.79 Å². The number of nitrogens with zero attached hydrogens (tertiary/aromatic N) is 1. The summed E-state index contributed by atoms with van der Waals surface area (Å²) in [7, 11) is 1.58. The molecule has 0 saturated carbocycles. The van der Waals surface area contributed by atoms with Crippen molar-refractivity contribution in [2.24, 2.45) is 0 Å². The van der Waals surface area contributed by atoms with Gasteiger partial charge >= 0.3 is 0 Å². The van der Waals surface area contributed by atoms with Gasteiger partial charge in [-0.2, -0.15) is 0 Å². The number of carbonyl (C=O) groups excluding carboxylic acids is 1. The number of aromatic nitrogens is 1. The van der Waals surface area contributed by atoms with E-state index in [1.165, 1.54) is 0 Å². The van der Waals surface area contributed by atoms with Crippen LogP contribution in [0, 0.1) is 6.92 Å². The summed E-state index contributed by atoms with van der Waals surface area (Å²) < 4.78 is 0.912. The molecule has 1 aromatic rings. The van der Waals surface area contributed by atoms with E-state index < -0.39 is 0 Å². The van der Waals surface area contributed by atoms with Crippen LogP contribution in [0.25, 0.3) is 0 Å². The van der Waals surface area contributed by atoms with Crippen LogP contribution in [0.2, 0.25) is 0 Å². The lowest BCUT2D eigenvalue weighted by molar-refractivity contribution is 0.0958. The molecule has 0 atom stereocenters. The van der Waals surface area contributed by atoms with E-state index in [1.807, 2.05) is 13.0 Å². The van der Waals surface area contributed by atoms with E-state index in [9.17, 15) is 4.79 Å². The number of amides is 1. The minimum absolute atomic E-state index is 0.161. The van der Waals surface area contributed by atoms with Crippen molar-refractivity contribution in [2.75, 3.05) is 7.05 Å². The van der Waals surface area contributed by atoms with Crippen molar-refractivity contribution >= 4 is 21.8 Å². The molecule has 12 heavy (non-hydrogen) atoms. The maximum absolute atomic E-state index is 11.1. The lowest BCUT2D eigenvalue weighted by Crippen LogP contribution is -2.19. The predicted molar refractivity (Wildman–Crippen MR) is 50.1 cm³/mol. The fourth-order valence-electron chi connectivity index (χ4n) is 0.799. The zero-order valence-electron chi connectivity index (χ0n) is 6.89. The third-order valence-electron chi connectivity index (χ3n) is 1.48. The van der Waals surface area contributed by atoms with Gasteiger partial charge in [0.25, 0.3) is 5.91 Å². The first-order valence-electron chi connectivity index (χ1n) is 3.50. The Labute approximate surface area is 79.3 Å². The standard InChI is InChI=1S/C8H9BrN2O/c1-5-6(9)3-4-7(11-5)8(12)10-2/h3-4H,1-2H3,(H,10,12). The summed E-state index contributed by atoms with van der Waals surface area (Å²) in [6.07, 6.45) is 0. The molecule has 3 nitrogen and oxygen atoms in total. The molecule has 0 fully saturated rings. The van der Waals surface area contributed by atoms with Gasteiger partial charge in [0.15, 0.2) is 0 Å². The minimum atomic E-state index is -0.161. The summed E-state index contributed by atoms with van der Waals surface area (Å²) in [4.78, 5) is 15.2. The lowest BCUT2D eigenvalue weighted by atomic mass is 10.3. The third kappa shape index (κ3) is 1.82. The second-order valence-corrected chi connectivity index (χ2v) is 3.20. The largest absolute Gasteiger partial charge is 0.354 e. The Morgan fingerprint density at radius 3 is 2.75 bits per heavy atom. The van der Waals surface area contributed by atoms with Gasteiger partial charge in [0.05, 0.1) is 5.69 Å². The quantitative estimate of drug-likeness (QED) is 0.793. The zero-order valence-corrected chi connectivity index (χ0v) is 8.47. The molecule has 0 saturated heterocycles. The van der Waals surface area contributed by atoms with Gasteiger partial charge in [-0.15, -0.1) is 0 Å². The molecule has 1 heterocycles. The van der Waals surface area contributed by atoms with Crippen LogP contribution in [0.3, 0.4) is 0 Å². The second kappa shape index (κ2) is 3.67. The summed E-state index contributed by atoms with van der Waals surface area (Å²) in [5, 5.41) is 2.51. The van der Waals surface area contributed by atoms with Gasteiger partial charge in [-0.3, -0.25) is 4.79 Å². The predicted octanol–water partition coefficient (Wildman–Crippen LogP) is 1.51. The number of hydrogen-bond acceptors (Lipinski definition) is 2. The first kappa shape index (κ1) is 9.19. The Bertz CT molecular complexity index is 312. The van der Waals surface area contributed by atoms with E-state index >= 15 is 0 Å². The Morgan fingerprint density at radius 1 is 1.58 bits per heavy atom. The van der Waals surface area contributed by atoms with E-state index in [0.717, 1.165) is 10.2 Å². The van der Waals surface area contributed by atoms with Crippen LogP contribution >= 0.6 is 15.9 Å². The number of pyridine rings is 1. The number of rotatable bonds is 1. The molecule has 0 radical (unpaired) electrons. The van der Waals surface area contributed by atoms with Crippen LogP contribution in [0.5, 0.6) is 0 Å². The number of aryl methyl sites for hydroxylation is 1. The van der Waals surface area contributed by atoms with Gasteiger partial charge in [0.1, 0.15) is 5.69 Å². The van der Waals surface area contributed by atoms with Crippen molar-refractivity contribution in [3.63, 3.8) is 0 Å². The molecule has 64 valence electrons. The van der Waals surface area contributed by atoms with Crippen molar-refractivity contribution in [3.8, 4) is 0 Å². The van der Waals surface area contributed by atoms with E-state index in [4.69, 9.17) is 0 Å². The van der Waals surface area contributed by atoms with E-state index in [2.05, 4.69) is 26.2 Å². The average molecular weight is 229 g/mol. The molecule has 0 aliphatic carbocycles. The molecule has 4 heteroatoms. The van der Waals surface area contributed by atoms with Crippen LogP contribution < -0.4 is 5.32 Å². The summed E-state index contributed by atoms with van der Waals surface area (Å²) in [6.45, 7) is 1.84. The maximum atomic E-state index is 11.1. The van der Waals surface area contributed by atoms with Crippen molar-refractivity contribution in [1.82, 2.24) is 10.3 Å². The molecule has 1 rings (SSSR count). The fourth-order valence-corrected chi connectivity index (χ4v) is 1.02. The van der Waals surface area contributed by atoms with Crippen molar-refractivity contribution in [2.45, 2.75) is 6.92 Å². The lowest BCUT2D eigenvalue weighted by Gasteiger charge is -2.01. The van der Waals surface area contributed by atoms with E-state index in [-0.39, 0.29) is 5.91 Å². The Kier molecular flexibility index (Phi) is 2.81. The zero-order chi connectivity index (χ0) is 9.14. The van der Waals surface area contributed by atoms with Crippen LogP contribution in [0.15, 0.2) is 16.6 Å². The van der Waals surface area contributed by atoms with E-state index in [1.54, 1.807) is 13.1 Å². The highest BCUT2D eigenvalue weighted by molar-refractivity contribution is 9.10. The van der Waals surface area contributed by atoms with Gasteiger partial charge in [-0.1, -0.05) is 0 Å². The maximum Gasteiger partial charge on any atom is 0.269 e. The van der Waals surface area contributed by atoms with E-state index in [0.29, 0.717) is 5.69 Å². The van der Waals surface area contributed by atoms with Gasteiger partial charge < -0.3 is 5.32 Å². The van der Waals surface area contributed by atoms with Crippen LogP contribution in [-0.4, -0.2) is 17.9 Å². The number of hydrogen-bond donors (Lipinski definition) is 1. The first-order chi connectivity index (χ1) is 5.65. The molecule has 0 unspecified atom stereocenters. The molecule has 0 aromatic carbocycles. The summed E-state index contributed by atoms with van der Waals surface area (Å²) in [5.74, 6) is -0.161. The molecule has 1 aromatic heterocycles. The Morgan fingerprint density at radius 2 is 2.25 bits per heavy atom. The van der Waals surface area contributed by atoms with Crippen LogP contribution in [-0.2, 0) is 0 Å². The Balaban J connectivity index is 3.05. The summed E-state index contributed by atoms with van der Waals surface area (Å²) in [5.41, 5.74) is 1.26. The summed E-state index contributed by atoms with van der Waals surface area (Å²) >= 11 is 3.31. The molecule has 0 aliphatic rings. The number of halogens is 1. The van der Waals surface area contributed by atoms with Gasteiger partial charge in [0, 0.05) is 11.5 Å². The third-order valence-corrected chi connectivity index (χ3v) is 2.32. The fraction of sp³-hybridized carbons (Fsp3) is 0.250. The molecule has 0 aliphatic heterocycles. The topological polar surface area (TPSA) is 42.0 Å². The monoisotopic (exact) mass is 228 g/mol. The number of nitrogens with one attached hydrogen (secondary N) is 1. The molecule has 0 bridgehead atoms. The Hall–Kier alpha value is -0.900. The smallest absolute Gasteiger partial charge is 0.269 e. The van der Waals surface area contributed by atoms with Gasteiger partial charge in [0.2, 0.25) is 0 Å². The van der Waals surface area contributed by atoms with Gasteiger partial charge in [-0.25, -0.2) is 4.98 Å². The van der Waals surface area contributed by atoms with Crippen LogP contribution in [0.4, 0.5) is 0 Å². The summed E-state index contributed by atoms with van der Waals surface area (Å²) in [6, 6.07) is 3.49. The normalized spacial score (nSPS) is 9.58.